The summed E-state index contributed by atoms with van der Waals surface area (Å²) in [5, 5.41) is 3.10. The van der Waals surface area contributed by atoms with Crippen molar-refractivity contribution in [3.63, 3.8) is 0 Å². The molecule has 2 atom stereocenters. The second-order valence-corrected chi connectivity index (χ2v) is 8.29. The first-order valence-corrected chi connectivity index (χ1v) is 9.45. The van der Waals surface area contributed by atoms with E-state index in [1.54, 1.807) is 6.20 Å². The molecular weight excluding hydrogens is 336 g/mol. The van der Waals surface area contributed by atoms with Crippen molar-refractivity contribution < 1.29 is 4.79 Å². The molecule has 0 aliphatic heterocycles. The first kappa shape index (κ1) is 16.4. The smallest absolute Gasteiger partial charge is 0.238 e. The van der Waals surface area contributed by atoms with Gasteiger partial charge in [0, 0.05) is 12.1 Å². The van der Waals surface area contributed by atoms with Gasteiger partial charge in [0.25, 0.3) is 0 Å². The van der Waals surface area contributed by atoms with Gasteiger partial charge in [-0.15, -0.1) is 0 Å². The molecule has 1 amide bonds. The number of benzene rings is 1. The van der Waals surface area contributed by atoms with E-state index in [0.29, 0.717) is 5.82 Å². The van der Waals surface area contributed by atoms with Gasteiger partial charge in [0.1, 0.15) is 5.82 Å². The molecule has 1 fully saturated rings. The highest BCUT2D eigenvalue weighted by Gasteiger charge is 2.67. The highest BCUT2D eigenvalue weighted by molar-refractivity contribution is 6.01. The van der Waals surface area contributed by atoms with Crippen molar-refractivity contribution in [2.24, 2.45) is 5.41 Å². The fourth-order valence-electron chi connectivity index (χ4n) is 5.16. The van der Waals surface area contributed by atoms with Crippen LogP contribution < -0.4 is 5.32 Å². The third-order valence-corrected chi connectivity index (χ3v) is 6.74. The summed E-state index contributed by atoms with van der Waals surface area (Å²) in [7, 11) is 0. The molecule has 2 aliphatic carbocycles. The summed E-state index contributed by atoms with van der Waals surface area (Å²) < 4.78 is 0. The van der Waals surface area contributed by atoms with Gasteiger partial charge >= 0.3 is 0 Å². The Morgan fingerprint density at radius 2 is 1.85 bits per heavy atom. The lowest BCUT2D eigenvalue weighted by Gasteiger charge is -2.36. The summed E-state index contributed by atoms with van der Waals surface area (Å²) in [6.07, 6.45) is 3.46. The molecule has 2 unspecified atom stereocenters. The summed E-state index contributed by atoms with van der Waals surface area (Å²) >= 11 is 0. The van der Waals surface area contributed by atoms with E-state index in [0.717, 1.165) is 40.8 Å². The van der Waals surface area contributed by atoms with E-state index < -0.39 is 5.41 Å². The van der Waals surface area contributed by atoms with E-state index in [1.807, 2.05) is 43.3 Å². The first-order chi connectivity index (χ1) is 12.9. The third kappa shape index (κ3) is 2.00. The summed E-state index contributed by atoms with van der Waals surface area (Å²) in [6, 6.07) is 11.7. The number of nitrogens with one attached hydrogen (secondary N) is 1. The maximum absolute atomic E-state index is 13.6. The largest absolute Gasteiger partial charge is 0.310 e. The topological polar surface area (TPSA) is 67.8 Å². The van der Waals surface area contributed by atoms with E-state index in [-0.39, 0.29) is 17.2 Å². The second kappa shape index (κ2) is 5.35. The number of carbonyl (C=O) groups is 1. The molecule has 5 heteroatoms. The first-order valence-electron chi connectivity index (χ1n) is 9.45. The van der Waals surface area contributed by atoms with Crippen LogP contribution >= 0.6 is 0 Å². The Morgan fingerprint density at radius 3 is 2.59 bits per heavy atom. The molecule has 2 aromatic heterocycles. The summed E-state index contributed by atoms with van der Waals surface area (Å²) in [4.78, 5) is 27.9. The molecule has 0 radical (unpaired) electrons. The molecule has 2 bridgehead atoms. The number of rotatable bonds is 2. The average Bonchev–Trinajstić information content (AvgIpc) is 3.03. The van der Waals surface area contributed by atoms with Gasteiger partial charge in [0.2, 0.25) is 5.91 Å². The molecule has 3 aromatic rings. The zero-order valence-corrected chi connectivity index (χ0v) is 15.8. The average molecular weight is 358 g/mol. The molecule has 2 aliphatic rings. The van der Waals surface area contributed by atoms with E-state index >= 15 is 0 Å². The van der Waals surface area contributed by atoms with E-state index in [9.17, 15) is 4.79 Å². The Kier molecular flexibility index (Phi) is 3.24. The second-order valence-electron chi connectivity index (χ2n) is 8.29. The molecule has 136 valence electrons. The number of carbonyl (C=O) groups excluding carboxylic acids is 1. The lowest BCUT2D eigenvalue weighted by molar-refractivity contribution is -0.124. The molecule has 2 heterocycles. The van der Waals surface area contributed by atoms with Crippen LogP contribution in [0.4, 0.5) is 5.82 Å². The van der Waals surface area contributed by atoms with Crippen LogP contribution in [0.3, 0.4) is 0 Å². The Bertz CT molecular complexity index is 1090. The van der Waals surface area contributed by atoms with E-state index in [4.69, 9.17) is 9.97 Å². The van der Waals surface area contributed by atoms with Crippen LogP contribution in [0.25, 0.3) is 11.0 Å². The fourth-order valence-corrected chi connectivity index (χ4v) is 5.16. The number of pyridine rings is 1. The minimum atomic E-state index is -0.673. The number of anilines is 1. The zero-order chi connectivity index (χ0) is 18.8. The molecule has 1 aromatic carbocycles. The fraction of sp³-hybridized carbons (Fsp3) is 0.364. The molecule has 0 saturated heterocycles. The van der Waals surface area contributed by atoms with Crippen molar-refractivity contribution in [1.29, 1.82) is 0 Å². The van der Waals surface area contributed by atoms with Gasteiger partial charge in [-0.05, 0) is 48.9 Å². The number of hydrogen-bond donors (Lipinski definition) is 1. The molecule has 1 N–H and O–H groups in total. The minimum Gasteiger partial charge on any atom is -0.310 e. The molecule has 27 heavy (non-hydrogen) atoms. The van der Waals surface area contributed by atoms with Gasteiger partial charge in [-0.1, -0.05) is 32.0 Å². The number of hydrogen-bond acceptors (Lipinski definition) is 4. The van der Waals surface area contributed by atoms with Gasteiger partial charge in [-0.25, -0.2) is 15.0 Å². The van der Waals surface area contributed by atoms with Crippen molar-refractivity contribution >= 4 is 22.8 Å². The van der Waals surface area contributed by atoms with Gasteiger partial charge in [-0.2, -0.15) is 0 Å². The summed E-state index contributed by atoms with van der Waals surface area (Å²) in [5.74, 6) is 0.860. The van der Waals surface area contributed by atoms with Gasteiger partial charge < -0.3 is 5.32 Å². The third-order valence-electron chi connectivity index (χ3n) is 6.74. The van der Waals surface area contributed by atoms with Crippen molar-refractivity contribution in [2.75, 3.05) is 5.32 Å². The van der Waals surface area contributed by atoms with Crippen LogP contribution in [0.15, 0.2) is 42.6 Å². The SMILES string of the molecule is Cc1cccnc1NC(=O)C12CCC(c3nc4ccccc4nc31)C2(C)C. The van der Waals surface area contributed by atoms with Crippen molar-refractivity contribution in [1.82, 2.24) is 15.0 Å². The van der Waals surface area contributed by atoms with Crippen LogP contribution in [0, 0.1) is 12.3 Å². The molecular formula is C22H22N4O. The van der Waals surface area contributed by atoms with Crippen LogP contribution in [-0.4, -0.2) is 20.9 Å². The van der Waals surface area contributed by atoms with Gasteiger partial charge in [-0.3, -0.25) is 4.79 Å². The van der Waals surface area contributed by atoms with Gasteiger partial charge in [0.05, 0.1) is 27.8 Å². The van der Waals surface area contributed by atoms with Crippen LogP contribution in [0.1, 0.15) is 49.6 Å². The normalized spacial score (nSPS) is 24.8. The van der Waals surface area contributed by atoms with Crippen molar-refractivity contribution in [2.45, 2.75) is 44.9 Å². The van der Waals surface area contributed by atoms with E-state index in [2.05, 4.69) is 24.1 Å². The Hall–Kier alpha value is -2.82. The zero-order valence-electron chi connectivity index (χ0n) is 15.8. The highest BCUT2D eigenvalue weighted by Crippen LogP contribution is 2.67. The quantitative estimate of drug-likeness (QED) is 0.748. The minimum absolute atomic E-state index is 0.0138. The summed E-state index contributed by atoms with van der Waals surface area (Å²) in [6.45, 7) is 6.33. The van der Waals surface area contributed by atoms with Gasteiger partial charge in [0.15, 0.2) is 0 Å². The Balaban J connectivity index is 1.68. The number of fused-ring (bicyclic) bond motifs is 6. The number of aryl methyl sites for hydroxylation is 1. The Labute approximate surface area is 158 Å². The summed E-state index contributed by atoms with van der Waals surface area (Å²) in [5.41, 5.74) is 3.65. The number of aromatic nitrogens is 3. The number of para-hydroxylation sites is 2. The van der Waals surface area contributed by atoms with Crippen molar-refractivity contribution in [3.8, 4) is 0 Å². The van der Waals surface area contributed by atoms with Crippen LogP contribution in [0.5, 0.6) is 0 Å². The molecule has 0 spiro atoms. The Morgan fingerprint density at radius 1 is 1.11 bits per heavy atom. The number of nitrogens with zero attached hydrogens (tertiary/aromatic N) is 3. The van der Waals surface area contributed by atoms with Crippen LogP contribution in [0.2, 0.25) is 0 Å². The van der Waals surface area contributed by atoms with Crippen LogP contribution in [-0.2, 0) is 10.2 Å². The maximum atomic E-state index is 13.6. The predicted octanol–water partition coefficient (Wildman–Crippen LogP) is 4.13. The predicted molar refractivity (Wildman–Crippen MR) is 105 cm³/mol. The monoisotopic (exact) mass is 358 g/mol. The molecule has 1 saturated carbocycles. The standard InChI is InChI=1S/C22H22N4O/c1-13-7-6-12-23-19(13)26-20(27)22-11-10-14(21(22,2)3)17-18(22)25-16-9-5-4-8-15(16)24-17/h4-9,12,14H,10-11H2,1-3H3,(H,23,26,27). The molecule has 5 rings (SSSR count). The lowest BCUT2D eigenvalue weighted by atomic mass is 9.67. The number of amides is 1. The maximum Gasteiger partial charge on any atom is 0.238 e. The molecule has 5 nitrogen and oxygen atoms in total. The van der Waals surface area contributed by atoms with E-state index in [1.165, 1.54) is 0 Å². The highest BCUT2D eigenvalue weighted by atomic mass is 16.2. The lowest BCUT2D eigenvalue weighted by Crippen LogP contribution is -2.47. The van der Waals surface area contributed by atoms with Crippen molar-refractivity contribution in [3.05, 3.63) is 59.5 Å².